The topological polar surface area (TPSA) is 75.7 Å². The van der Waals surface area contributed by atoms with Gasteiger partial charge in [-0.15, -0.1) is 0 Å². The molecular weight excluding hydrogens is 416 g/mol. The van der Waals surface area contributed by atoms with E-state index in [1.165, 1.54) is 0 Å². The van der Waals surface area contributed by atoms with Gasteiger partial charge >= 0.3 is 5.97 Å². The second-order valence-electron chi connectivity index (χ2n) is 8.30. The van der Waals surface area contributed by atoms with Crippen LogP contribution in [0.15, 0.2) is 66.7 Å². The van der Waals surface area contributed by atoms with Gasteiger partial charge in [0.25, 0.3) is 5.91 Å². The fraction of sp³-hybridized carbons (Fsp3) is 0.296. The predicted molar refractivity (Wildman–Crippen MR) is 128 cm³/mol. The number of piperidine rings is 1. The highest BCUT2D eigenvalue weighted by Crippen LogP contribution is 2.24. The van der Waals surface area contributed by atoms with Crippen LogP contribution in [0, 0.1) is 5.92 Å². The van der Waals surface area contributed by atoms with Gasteiger partial charge in [-0.2, -0.15) is 0 Å². The van der Waals surface area contributed by atoms with Gasteiger partial charge in [-0.05, 0) is 60.4 Å². The van der Waals surface area contributed by atoms with Crippen molar-refractivity contribution in [2.75, 3.05) is 25.0 Å². The number of amides is 2. The molecule has 1 aliphatic heterocycles. The summed E-state index contributed by atoms with van der Waals surface area (Å²) < 4.78 is 5.12. The summed E-state index contributed by atoms with van der Waals surface area (Å²) in [6, 6.07) is 20.4. The molecule has 0 unspecified atom stereocenters. The zero-order chi connectivity index (χ0) is 23.2. The van der Waals surface area contributed by atoms with E-state index in [1.807, 2.05) is 54.3 Å². The minimum Gasteiger partial charge on any atom is -0.462 e. The number of carbonyl (C=O) groups is 3. The Kier molecular flexibility index (Phi) is 7.03. The van der Waals surface area contributed by atoms with Crippen LogP contribution in [0.2, 0.25) is 0 Å². The lowest BCUT2D eigenvalue weighted by atomic mass is 9.94. The van der Waals surface area contributed by atoms with E-state index in [0.717, 1.165) is 17.2 Å². The van der Waals surface area contributed by atoms with Crippen molar-refractivity contribution in [2.45, 2.75) is 26.2 Å². The Labute approximate surface area is 193 Å². The lowest BCUT2D eigenvalue weighted by Crippen LogP contribution is -2.41. The van der Waals surface area contributed by atoms with Crippen LogP contribution in [0.1, 0.15) is 46.9 Å². The molecule has 0 radical (unpaired) electrons. The lowest BCUT2D eigenvalue weighted by molar-refractivity contribution is -0.121. The summed E-state index contributed by atoms with van der Waals surface area (Å²) >= 11 is 0. The molecule has 0 saturated carbocycles. The van der Waals surface area contributed by atoms with Gasteiger partial charge in [0.1, 0.15) is 0 Å². The van der Waals surface area contributed by atoms with Crippen LogP contribution in [0.5, 0.6) is 0 Å². The van der Waals surface area contributed by atoms with Gasteiger partial charge in [-0.25, -0.2) is 4.79 Å². The SMILES string of the molecule is CCCOC(=O)c1ccc(NC(=O)C2CCN(C(=O)c3cccc4ccccc34)CC2)cc1. The number of nitrogens with one attached hydrogen (secondary N) is 1. The van der Waals surface area contributed by atoms with Gasteiger partial charge in [-0.3, -0.25) is 9.59 Å². The molecule has 2 amide bonds. The molecule has 1 heterocycles. The Bertz CT molecular complexity index is 1140. The van der Waals surface area contributed by atoms with Crippen LogP contribution in [0.4, 0.5) is 5.69 Å². The number of fused-ring (bicyclic) bond motifs is 1. The van der Waals surface area contributed by atoms with Crippen molar-refractivity contribution >= 4 is 34.2 Å². The first-order valence-corrected chi connectivity index (χ1v) is 11.4. The zero-order valence-corrected chi connectivity index (χ0v) is 18.8. The van der Waals surface area contributed by atoms with Crippen LogP contribution in [-0.4, -0.2) is 42.4 Å². The van der Waals surface area contributed by atoms with E-state index in [9.17, 15) is 14.4 Å². The molecule has 6 nitrogen and oxygen atoms in total. The van der Waals surface area contributed by atoms with Crippen LogP contribution in [0.25, 0.3) is 10.8 Å². The average Bonchev–Trinajstić information content (AvgIpc) is 2.87. The van der Waals surface area contributed by atoms with Crippen molar-refractivity contribution in [2.24, 2.45) is 5.92 Å². The molecule has 1 N–H and O–H groups in total. The third kappa shape index (κ3) is 5.22. The van der Waals surface area contributed by atoms with Gasteiger partial charge in [0.05, 0.1) is 12.2 Å². The molecule has 6 heteroatoms. The zero-order valence-electron chi connectivity index (χ0n) is 18.8. The highest BCUT2D eigenvalue weighted by molar-refractivity contribution is 6.07. The molecular formula is C27H28N2O4. The normalized spacial score (nSPS) is 14.2. The molecule has 1 aliphatic rings. The molecule has 0 aromatic heterocycles. The molecule has 0 atom stereocenters. The molecule has 3 aromatic carbocycles. The smallest absolute Gasteiger partial charge is 0.338 e. The molecule has 3 aromatic rings. The fourth-order valence-electron chi connectivity index (χ4n) is 4.14. The maximum atomic E-state index is 13.1. The van der Waals surface area contributed by atoms with Crippen molar-refractivity contribution in [3.8, 4) is 0 Å². The maximum Gasteiger partial charge on any atom is 0.338 e. The predicted octanol–water partition coefficient (Wildman–Crippen LogP) is 4.90. The maximum absolute atomic E-state index is 13.1. The second kappa shape index (κ2) is 10.3. The summed E-state index contributed by atoms with van der Waals surface area (Å²) in [5.74, 6) is -0.571. The summed E-state index contributed by atoms with van der Waals surface area (Å²) in [6.45, 7) is 3.42. The summed E-state index contributed by atoms with van der Waals surface area (Å²) in [6.07, 6.45) is 2.00. The quantitative estimate of drug-likeness (QED) is 0.549. The fourth-order valence-corrected chi connectivity index (χ4v) is 4.14. The van der Waals surface area contributed by atoms with Gasteiger partial charge in [-0.1, -0.05) is 43.3 Å². The van der Waals surface area contributed by atoms with E-state index in [2.05, 4.69) is 5.32 Å². The standard InChI is InChI=1S/C27H28N2O4/c1-2-18-33-27(32)21-10-12-22(13-11-21)28-25(30)20-14-16-29(17-15-20)26(31)24-9-5-7-19-6-3-4-8-23(19)24/h3-13,20H,2,14-18H2,1H3,(H,28,30). The van der Waals surface area contributed by atoms with Crippen molar-refractivity contribution in [3.63, 3.8) is 0 Å². The Morgan fingerprint density at radius 1 is 0.939 bits per heavy atom. The lowest BCUT2D eigenvalue weighted by Gasteiger charge is -2.31. The number of anilines is 1. The third-order valence-corrected chi connectivity index (χ3v) is 6.00. The monoisotopic (exact) mass is 444 g/mol. The van der Waals surface area contributed by atoms with Crippen LogP contribution in [0.3, 0.4) is 0 Å². The Hall–Kier alpha value is -3.67. The van der Waals surface area contributed by atoms with Gasteiger partial charge < -0.3 is 15.0 Å². The van der Waals surface area contributed by atoms with Gasteiger partial charge in [0, 0.05) is 30.3 Å². The molecule has 1 saturated heterocycles. The summed E-state index contributed by atoms with van der Waals surface area (Å²) in [5, 5.41) is 4.92. The number of benzene rings is 3. The minimum atomic E-state index is -0.363. The first kappa shape index (κ1) is 22.5. The highest BCUT2D eigenvalue weighted by Gasteiger charge is 2.28. The number of nitrogens with zero attached hydrogens (tertiary/aromatic N) is 1. The van der Waals surface area contributed by atoms with Crippen molar-refractivity contribution < 1.29 is 19.1 Å². The number of rotatable bonds is 6. The largest absolute Gasteiger partial charge is 0.462 e. The van der Waals surface area contributed by atoms with E-state index in [1.54, 1.807) is 24.3 Å². The number of carbonyl (C=O) groups excluding carboxylic acids is 3. The Morgan fingerprint density at radius 3 is 2.36 bits per heavy atom. The molecule has 33 heavy (non-hydrogen) atoms. The first-order valence-electron chi connectivity index (χ1n) is 11.4. The number of likely N-dealkylation sites (tertiary alicyclic amines) is 1. The average molecular weight is 445 g/mol. The van der Waals surface area contributed by atoms with Crippen molar-refractivity contribution in [1.29, 1.82) is 0 Å². The van der Waals surface area contributed by atoms with Crippen molar-refractivity contribution in [3.05, 3.63) is 77.9 Å². The number of hydrogen-bond acceptors (Lipinski definition) is 4. The van der Waals surface area contributed by atoms with Gasteiger partial charge in [0.15, 0.2) is 0 Å². The van der Waals surface area contributed by atoms with E-state index < -0.39 is 0 Å². The molecule has 0 spiro atoms. The van der Waals surface area contributed by atoms with Crippen LogP contribution < -0.4 is 5.32 Å². The van der Waals surface area contributed by atoms with Crippen LogP contribution in [-0.2, 0) is 9.53 Å². The first-order chi connectivity index (χ1) is 16.1. The van der Waals surface area contributed by atoms with E-state index in [4.69, 9.17) is 4.74 Å². The molecule has 0 bridgehead atoms. The van der Waals surface area contributed by atoms with E-state index in [0.29, 0.717) is 49.4 Å². The highest BCUT2D eigenvalue weighted by atomic mass is 16.5. The van der Waals surface area contributed by atoms with Crippen LogP contribution >= 0.6 is 0 Å². The molecule has 4 rings (SSSR count). The molecule has 0 aliphatic carbocycles. The summed E-state index contributed by atoms with van der Waals surface area (Å²) in [7, 11) is 0. The summed E-state index contributed by atoms with van der Waals surface area (Å²) in [4.78, 5) is 39.6. The summed E-state index contributed by atoms with van der Waals surface area (Å²) in [5.41, 5.74) is 1.80. The second-order valence-corrected chi connectivity index (χ2v) is 8.30. The van der Waals surface area contributed by atoms with E-state index in [-0.39, 0.29) is 23.7 Å². The van der Waals surface area contributed by atoms with Gasteiger partial charge in [0.2, 0.25) is 5.91 Å². The minimum absolute atomic E-state index is 0.0104. The number of hydrogen-bond donors (Lipinski definition) is 1. The molecule has 170 valence electrons. The number of esters is 1. The van der Waals surface area contributed by atoms with Crippen molar-refractivity contribution in [1.82, 2.24) is 4.90 Å². The third-order valence-electron chi connectivity index (χ3n) is 6.00. The Balaban J connectivity index is 1.32. The molecule has 1 fully saturated rings. The van der Waals surface area contributed by atoms with E-state index >= 15 is 0 Å². The number of ether oxygens (including phenoxy) is 1. The Morgan fingerprint density at radius 2 is 1.64 bits per heavy atom.